The molecule has 2 N–H and O–H groups in total. The maximum absolute atomic E-state index is 5.85. The van der Waals surface area contributed by atoms with Crippen molar-refractivity contribution in [3.8, 4) is 11.5 Å². The van der Waals surface area contributed by atoms with E-state index in [-0.39, 0.29) is 0 Å². The molecule has 2 rings (SSSR count). The molecule has 0 spiro atoms. The zero-order valence-corrected chi connectivity index (χ0v) is 11.4. The second kappa shape index (κ2) is 4.80. The first-order valence-corrected chi connectivity index (χ1v) is 6.15. The maximum Gasteiger partial charge on any atom is 0.141 e. The molecule has 0 saturated carbocycles. The summed E-state index contributed by atoms with van der Waals surface area (Å²) in [5, 5.41) is 0. The summed E-state index contributed by atoms with van der Waals surface area (Å²) in [6.07, 6.45) is 0. The van der Waals surface area contributed by atoms with Crippen molar-refractivity contribution in [2.24, 2.45) is 0 Å². The first-order valence-electron chi connectivity index (χ1n) is 5.36. The molecule has 88 valence electrons. The Morgan fingerprint density at radius 3 is 2.35 bits per heavy atom. The van der Waals surface area contributed by atoms with Gasteiger partial charge in [0, 0.05) is 5.69 Å². The molecule has 0 heterocycles. The molecule has 0 atom stereocenters. The summed E-state index contributed by atoms with van der Waals surface area (Å²) in [6, 6.07) is 11.6. The summed E-state index contributed by atoms with van der Waals surface area (Å²) in [5.41, 5.74) is 8.75. The van der Waals surface area contributed by atoms with Gasteiger partial charge in [0.15, 0.2) is 0 Å². The predicted octanol–water partition coefficient (Wildman–Crippen LogP) is 4.44. The highest BCUT2D eigenvalue weighted by molar-refractivity contribution is 9.10. The monoisotopic (exact) mass is 291 g/mol. The molecule has 0 aliphatic rings. The molecular weight excluding hydrogens is 278 g/mol. The Hall–Kier alpha value is -1.48. The normalized spacial score (nSPS) is 10.3. The van der Waals surface area contributed by atoms with Crippen LogP contribution in [0.2, 0.25) is 0 Å². The molecule has 2 aromatic carbocycles. The lowest BCUT2D eigenvalue weighted by molar-refractivity contribution is 0.476. The molecule has 2 nitrogen and oxygen atoms in total. The summed E-state index contributed by atoms with van der Waals surface area (Å²) >= 11 is 3.44. The molecule has 0 bridgehead atoms. The topological polar surface area (TPSA) is 35.2 Å². The van der Waals surface area contributed by atoms with Crippen molar-refractivity contribution in [3.63, 3.8) is 0 Å². The van der Waals surface area contributed by atoms with E-state index in [2.05, 4.69) is 28.9 Å². The van der Waals surface area contributed by atoms with Gasteiger partial charge in [-0.3, -0.25) is 0 Å². The molecular formula is C14H14BrNO. The third-order valence-electron chi connectivity index (χ3n) is 2.51. The van der Waals surface area contributed by atoms with Crippen LogP contribution in [0.25, 0.3) is 0 Å². The van der Waals surface area contributed by atoms with Gasteiger partial charge in [-0.05, 0) is 59.6 Å². The molecule has 0 fully saturated rings. The van der Waals surface area contributed by atoms with Crippen LogP contribution in [0.15, 0.2) is 40.9 Å². The van der Waals surface area contributed by atoms with E-state index in [0.717, 1.165) is 21.5 Å². The number of nitrogens with two attached hydrogens (primary N) is 1. The molecule has 0 amide bonds. The van der Waals surface area contributed by atoms with Crippen molar-refractivity contribution in [3.05, 3.63) is 52.0 Å². The third-order valence-corrected chi connectivity index (χ3v) is 3.13. The number of benzene rings is 2. The summed E-state index contributed by atoms with van der Waals surface area (Å²) in [7, 11) is 0. The minimum Gasteiger partial charge on any atom is -0.456 e. The van der Waals surface area contributed by atoms with Gasteiger partial charge < -0.3 is 10.5 Å². The smallest absolute Gasteiger partial charge is 0.141 e. The lowest BCUT2D eigenvalue weighted by Gasteiger charge is -2.11. The highest BCUT2D eigenvalue weighted by atomic mass is 79.9. The molecule has 0 radical (unpaired) electrons. The molecule has 2 aromatic rings. The average Bonchev–Trinajstić information content (AvgIpc) is 2.25. The number of hydrogen-bond acceptors (Lipinski definition) is 2. The van der Waals surface area contributed by atoms with E-state index in [1.807, 2.05) is 37.3 Å². The summed E-state index contributed by atoms with van der Waals surface area (Å²) < 4.78 is 6.71. The molecule has 17 heavy (non-hydrogen) atoms. The number of anilines is 1. The van der Waals surface area contributed by atoms with E-state index in [4.69, 9.17) is 10.5 Å². The molecule has 0 aliphatic heterocycles. The molecule has 0 aliphatic carbocycles. The van der Waals surface area contributed by atoms with Crippen LogP contribution in [0, 0.1) is 13.8 Å². The summed E-state index contributed by atoms with van der Waals surface area (Å²) in [6.45, 7) is 4.10. The average molecular weight is 292 g/mol. The van der Waals surface area contributed by atoms with Crippen molar-refractivity contribution in [2.45, 2.75) is 13.8 Å². The number of nitrogen functional groups attached to an aromatic ring is 1. The summed E-state index contributed by atoms with van der Waals surface area (Å²) in [4.78, 5) is 0. The Bertz CT molecular complexity index is 502. The first-order chi connectivity index (χ1) is 8.06. The van der Waals surface area contributed by atoms with Gasteiger partial charge in [0.25, 0.3) is 0 Å². The third kappa shape index (κ3) is 2.80. The van der Waals surface area contributed by atoms with E-state index in [0.29, 0.717) is 5.69 Å². The van der Waals surface area contributed by atoms with Gasteiger partial charge >= 0.3 is 0 Å². The minimum atomic E-state index is 0.713. The van der Waals surface area contributed by atoms with Crippen molar-refractivity contribution in [1.82, 2.24) is 0 Å². The zero-order valence-electron chi connectivity index (χ0n) is 9.83. The van der Waals surface area contributed by atoms with Crippen LogP contribution in [0.4, 0.5) is 5.69 Å². The summed E-state index contributed by atoms with van der Waals surface area (Å²) in [5.74, 6) is 1.63. The van der Waals surface area contributed by atoms with Crippen LogP contribution < -0.4 is 10.5 Å². The van der Waals surface area contributed by atoms with Gasteiger partial charge in [-0.2, -0.15) is 0 Å². The van der Waals surface area contributed by atoms with Crippen molar-refractivity contribution in [2.75, 3.05) is 5.73 Å². The molecule has 3 heteroatoms. The maximum atomic E-state index is 5.85. The van der Waals surface area contributed by atoms with E-state index >= 15 is 0 Å². The molecule has 0 aromatic heterocycles. The van der Waals surface area contributed by atoms with Crippen LogP contribution in [0.1, 0.15) is 11.1 Å². The second-order valence-corrected chi connectivity index (χ2v) is 4.92. The highest BCUT2D eigenvalue weighted by Crippen LogP contribution is 2.32. The zero-order chi connectivity index (χ0) is 12.4. The van der Waals surface area contributed by atoms with Crippen LogP contribution in [-0.4, -0.2) is 0 Å². The number of ether oxygens (including phenoxy) is 1. The second-order valence-electron chi connectivity index (χ2n) is 4.06. The van der Waals surface area contributed by atoms with Crippen LogP contribution in [0.3, 0.4) is 0 Å². The number of rotatable bonds is 2. The van der Waals surface area contributed by atoms with E-state index in [1.165, 1.54) is 5.56 Å². The van der Waals surface area contributed by atoms with Gasteiger partial charge in [-0.15, -0.1) is 0 Å². The Kier molecular flexibility index (Phi) is 3.38. The Morgan fingerprint density at radius 2 is 1.71 bits per heavy atom. The fraction of sp³-hybridized carbons (Fsp3) is 0.143. The molecule has 0 unspecified atom stereocenters. The van der Waals surface area contributed by atoms with Crippen molar-refractivity contribution < 1.29 is 4.74 Å². The fourth-order valence-electron chi connectivity index (χ4n) is 1.63. The molecule has 0 saturated heterocycles. The van der Waals surface area contributed by atoms with E-state index in [9.17, 15) is 0 Å². The Morgan fingerprint density at radius 1 is 1.00 bits per heavy atom. The highest BCUT2D eigenvalue weighted by Gasteiger charge is 2.05. The number of hydrogen-bond donors (Lipinski definition) is 1. The van der Waals surface area contributed by atoms with Crippen LogP contribution >= 0.6 is 15.9 Å². The van der Waals surface area contributed by atoms with Gasteiger partial charge in [0.05, 0.1) is 4.47 Å². The van der Waals surface area contributed by atoms with Crippen molar-refractivity contribution >= 4 is 21.6 Å². The van der Waals surface area contributed by atoms with Gasteiger partial charge in [0.1, 0.15) is 11.5 Å². The predicted molar refractivity (Wildman–Crippen MR) is 74.5 cm³/mol. The lowest BCUT2D eigenvalue weighted by atomic mass is 10.1. The van der Waals surface area contributed by atoms with Gasteiger partial charge in [-0.1, -0.05) is 17.7 Å². The van der Waals surface area contributed by atoms with Crippen LogP contribution in [0.5, 0.6) is 11.5 Å². The number of aryl methyl sites for hydroxylation is 2. The van der Waals surface area contributed by atoms with Crippen molar-refractivity contribution in [1.29, 1.82) is 0 Å². The van der Waals surface area contributed by atoms with Gasteiger partial charge in [0.2, 0.25) is 0 Å². The van der Waals surface area contributed by atoms with Gasteiger partial charge in [-0.25, -0.2) is 0 Å². The standard InChI is InChI=1S/C14H14BrNO/c1-9-3-5-13(10(2)7-9)17-14-6-4-11(16)8-12(14)15/h3-8H,16H2,1-2H3. The Balaban J connectivity index is 2.31. The first kappa shape index (κ1) is 12.0. The van der Waals surface area contributed by atoms with E-state index in [1.54, 1.807) is 0 Å². The SMILES string of the molecule is Cc1ccc(Oc2ccc(N)cc2Br)c(C)c1. The largest absolute Gasteiger partial charge is 0.456 e. The lowest BCUT2D eigenvalue weighted by Crippen LogP contribution is -1.91. The van der Waals surface area contributed by atoms with E-state index < -0.39 is 0 Å². The fourth-order valence-corrected chi connectivity index (χ4v) is 2.11. The minimum absolute atomic E-state index is 0.713. The van der Waals surface area contributed by atoms with Crippen LogP contribution in [-0.2, 0) is 0 Å². The quantitative estimate of drug-likeness (QED) is 0.830. The number of halogens is 1. The Labute approximate surface area is 110 Å².